The van der Waals surface area contributed by atoms with Crippen LogP contribution in [0.1, 0.15) is 33.6 Å². The molecule has 0 heterocycles. The molecule has 0 aromatic heterocycles. The van der Waals surface area contributed by atoms with Crippen molar-refractivity contribution in [3.63, 3.8) is 0 Å². The highest BCUT2D eigenvalue weighted by atomic mass is 32.2. The molecule has 0 saturated heterocycles. The fourth-order valence-corrected chi connectivity index (χ4v) is 3.25. The van der Waals surface area contributed by atoms with Crippen molar-refractivity contribution in [3.05, 3.63) is 24.3 Å². The van der Waals surface area contributed by atoms with E-state index in [1.54, 1.807) is 31.2 Å². The highest BCUT2D eigenvalue weighted by Gasteiger charge is 2.34. The van der Waals surface area contributed by atoms with Crippen LogP contribution in [0.4, 0.5) is 5.69 Å². The van der Waals surface area contributed by atoms with Crippen molar-refractivity contribution in [1.82, 2.24) is 0 Å². The highest BCUT2D eigenvalue weighted by molar-refractivity contribution is 7.91. The summed E-state index contributed by atoms with van der Waals surface area (Å²) in [6.45, 7) is 5.44. The average molecular weight is 313 g/mol. The van der Waals surface area contributed by atoms with E-state index in [4.69, 9.17) is 0 Å². The predicted molar refractivity (Wildman–Crippen MR) is 83.3 cm³/mol. The van der Waals surface area contributed by atoms with Crippen molar-refractivity contribution in [2.75, 3.05) is 17.6 Å². The minimum absolute atomic E-state index is 0.0112. The molecule has 1 rings (SSSR count). The minimum Gasteiger partial charge on any atom is -0.481 e. The Morgan fingerprint density at radius 1 is 1.19 bits per heavy atom. The summed E-state index contributed by atoms with van der Waals surface area (Å²) >= 11 is 0. The molecular weight excluding hydrogens is 290 g/mol. The second-order valence-electron chi connectivity index (χ2n) is 5.05. The van der Waals surface area contributed by atoms with E-state index in [1.165, 1.54) is 0 Å². The first-order chi connectivity index (χ1) is 9.83. The maximum absolute atomic E-state index is 12.1. The zero-order valence-electron chi connectivity index (χ0n) is 12.7. The third-order valence-electron chi connectivity index (χ3n) is 4.03. The third kappa shape index (κ3) is 3.75. The van der Waals surface area contributed by atoms with Crippen LogP contribution in [0.25, 0.3) is 0 Å². The van der Waals surface area contributed by atoms with E-state index in [-0.39, 0.29) is 17.2 Å². The largest absolute Gasteiger partial charge is 0.481 e. The number of carbonyl (C=O) groups is 1. The Morgan fingerprint density at radius 2 is 1.76 bits per heavy atom. The van der Waals surface area contributed by atoms with Gasteiger partial charge in [-0.15, -0.1) is 0 Å². The van der Waals surface area contributed by atoms with Crippen LogP contribution in [-0.2, 0) is 14.6 Å². The molecule has 5 nitrogen and oxygen atoms in total. The van der Waals surface area contributed by atoms with Gasteiger partial charge in [0.25, 0.3) is 0 Å². The predicted octanol–water partition coefficient (Wildman–Crippen LogP) is 2.78. The van der Waals surface area contributed by atoms with E-state index in [1.807, 2.05) is 13.8 Å². The lowest BCUT2D eigenvalue weighted by Crippen LogP contribution is -2.37. The fourth-order valence-electron chi connectivity index (χ4n) is 2.18. The Bertz CT molecular complexity index is 591. The summed E-state index contributed by atoms with van der Waals surface area (Å²) in [5.41, 5.74) is -0.421. The van der Waals surface area contributed by atoms with Crippen molar-refractivity contribution in [1.29, 1.82) is 0 Å². The van der Waals surface area contributed by atoms with Crippen LogP contribution in [0, 0.1) is 5.41 Å². The van der Waals surface area contributed by atoms with Crippen LogP contribution >= 0.6 is 0 Å². The van der Waals surface area contributed by atoms with Gasteiger partial charge < -0.3 is 10.4 Å². The summed E-state index contributed by atoms with van der Waals surface area (Å²) in [6, 6.07) is 6.61. The number of sulfone groups is 1. The van der Waals surface area contributed by atoms with Crippen molar-refractivity contribution in [2.24, 2.45) is 5.41 Å². The Labute approximate surface area is 126 Å². The SMILES string of the molecule is CCC(CC)(CNc1ccccc1S(=O)(=O)CC)C(=O)O. The quantitative estimate of drug-likeness (QED) is 0.771. The van der Waals surface area contributed by atoms with Crippen LogP contribution in [0.2, 0.25) is 0 Å². The standard InChI is InChI=1S/C15H23NO4S/c1-4-15(5-2,14(17)18)11-16-12-9-7-8-10-13(12)21(19,20)6-3/h7-10,16H,4-6,11H2,1-3H3,(H,17,18). The van der Waals surface area contributed by atoms with E-state index >= 15 is 0 Å². The summed E-state index contributed by atoms with van der Waals surface area (Å²) < 4.78 is 24.1. The number of para-hydroxylation sites is 1. The van der Waals surface area contributed by atoms with E-state index in [0.717, 1.165) is 0 Å². The molecule has 2 N–H and O–H groups in total. The number of carboxylic acid groups (broad SMARTS) is 1. The summed E-state index contributed by atoms with van der Waals surface area (Å²) in [5, 5.41) is 12.4. The van der Waals surface area contributed by atoms with Crippen LogP contribution in [-0.4, -0.2) is 31.8 Å². The molecule has 21 heavy (non-hydrogen) atoms. The second kappa shape index (κ2) is 6.93. The van der Waals surface area contributed by atoms with Gasteiger partial charge in [0.05, 0.1) is 21.8 Å². The van der Waals surface area contributed by atoms with Gasteiger partial charge in [-0.25, -0.2) is 8.42 Å². The van der Waals surface area contributed by atoms with E-state index in [9.17, 15) is 18.3 Å². The van der Waals surface area contributed by atoms with Crippen LogP contribution < -0.4 is 5.32 Å². The monoisotopic (exact) mass is 313 g/mol. The molecule has 0 aliphatic carbocycles. The number of benzene rings is 1. The number of hydrogen-bond acceptors (Lipinski definition) is 4. The maximum atomic E-state index is 12.1. The lowest BCUT2D eigenvalue weighted by molar-refractivity contribution is -0.148. The van der Waals surface area contributed by atoms with Gasteiger partial charge in [-0.1, -0.05) is 32.9 Å². The van der Waals surface area contributed by atoms with E-state index < -0.39 is 21.2 Å². The Hall–Kier alpha value is -1.56. The summed E-state index contributed by atoms with van der Waals surface area (Å²) in [6.07, 6.45) is 0.961. The lowest BCUT2D eigenvalue weighted by atomic mass is 9.82. The molecule has 1 aromatic carbocycles. The van der Waals surface area contributed by atoms with Gasteiger partial charge in [0, 0.05) is 6.54 Å². The molecule has 0 fully saturated rings. The molecule has 0 unspecified atom stereocenters. The first kappa shape index (κ1) is 17.5. The van der Waals surface area contributed by atoms with Crippen molar-refractivity contribution in [3.8, 4) is 0 Å². The van der Waals surface area contributed by atoms with E-state index in [2.05, 4.69) is 5.32 Å². The maximum Gasteiger partial charge on any atom is 0.311 e. The van der Waals surface area contributed by atoms with Gasteiger partial charge in [0.2, 0.25) is 0 Å². The number of anilines is 1. The zero-order chi connectivity index (χ0) is 16.1. The lowest BCUT2D eigenvalue weighted by Gasteiger charge is -2.27. The number of carboxylic acids is 1. The van der Waals surface area contributed by atoms with Crippen LogP contribution in [0.5, 0.6) is 0 Å². The van der Waals surface area contributed by atoms with E-state index in [0.29, 0.717) is 18.5 Å². The second-order valence-corrected chi connectivity index (χ2v) is 7.29. The van der Waals surface area contributed by atoms with Gasteiger partial charge >= 0.3 is 5.97 Å². The first-order valence-corrected chi connectivity index (χ1v) is 8.77. The molecule has 0 saturated carbocycles. The van der Waals surface area contributed by atoms with Crippen molar-refractivity contribution < 1.29 is 18.3 Å². The molecule has 0 aliphatic rings. The third-order valence-corrected chi connectivity index (χ3v) is 5.81. The van der Waals surface area contributed by atoms with Crippen molar-refractivity contribution >= 4 is 21.5 Å². The molecule has 0 radical (unpaired) electrons. The molecule has 0 atom stereocenters. The average Bonchev–Trinajstić information content (AvgIpc) is 2.49. The fraction of sp³-hybridized carbons (Fsp3) is 0.533. The Kier molecular flexibility index (Phi) is 5.78. The van der Waals surface area contributed by atoms with Gasteiger partial charge in [-0.2, -0.15) is 0 Å². The number of nitrogens with one attached hydrogen (secondary N) is 1. The molecule has 0 spiro atoms. The Balaban J connectivity index is 3.08. The van der Waals surface area contributed by atoms with Gasteiger partial charge in [0.15, 0.2) is 9.84 Å². The molecule has 6 heteroatoms. The summed E-state index contributed by atoms with van der Waals surface area (Å²) in [7, 11) is -3.34. The van der Waals surface area contributed by atoms with Crippen LogP contribution in [0.15, 0.2) is 29.2 Å². The van der Waals surface area contributed by atoms with Gasteiger partial charge in [0.1, 0.15) is 0 Å². The topological polar surface area (TPSA) is 83.5 Å². The number of rotatable bonds is 8. The molecule has 0 bridgehead atoms. The van der Waals surface area contributed by atoms with Crippen molar-refractivity contribution in [2.45, 2.75) is 38.5 Å². The zero-order valence-corrected chi connectivity index (χ0v) is 13.5. The molecule has 1 aromatic rings. The number of aliphatic carboxylic acids is 1. The molecule has 118 valence electrons. The van der Waals surface area contributed by atoms with Crippen LogP contribution in [0.3, 0.4) is 0 Å². The summed E-state index contributed by atoms with van der Waals surface area (Å²) in [5.74, 6) is -0.854. The normalized spacial score (nSPS) is 12.1. The molecule has 0 amide bonds. The Morgan fingerprint density at radius 3 is 2.24 bits per heavy atom. The van der Waals surface area contributed by atoms with Gasteiger partial charge in [-0.3, -0.25) is 4.79 Å². The highest BCUT2D eigenvalue weighted by Crippen LogP contribution is 2.29. The summed E-state index contributed by atoms with van der Waals surface area (Å²) in [4.78, 5) is 11.7. The molecule has 0 aliphatic heterocycles. The smallest absolute Gasteiger partial charge is 0.311 e. The molecular formula is C15H23NO4S. The minimum atomic E-state index is -3.34. The van der Waals surface area contributed by atoms with Gasteiger partial charge in [-0.05, 0) is 25.0 Å². The number of hydrogen-bond donors (Lipinski definition) is 2. The first-order valence-electron chi connectivity index (χ1n) is 7.12.